The Hall–Kier alpha value is -3.75. The van der Waals surface area contributed by atoms with Crippen molar-refractivity contribution in [2.45, 2.75) is 27.2 Å². The van der Waals surface area contributed by atoms with Crippen LogP contribution < -0.4 is 0 Å². The van der Waals surface area contributed by atoms with Gasteiger partial charge in [-0.1, -0.05) is 45.0 Å². The third-order valence-electron chi connectivity index (χ3n) is 4.51. The molecule has 0 spiro atoms. The number of rotatable bonds is 5. The molecule has 1 unspecified atom stereocenters. The molecule has 0 aliphatic rings. The molecule has 0 saturated carbocycles. The van der Waals surface area contributed by atoms with Gasteiger partial charge in [-0.3, -0.25) is 0 Å². The highest BCUT2D eigenvalue weighted by molar-refractivity contribution is 5.93. The molecule has 0 aliphatic heterocycles. The standard InChI is InChI=1S/C21H22O9/c1-12(2)13(3)11-14-7-6-9-16(18(14)23)20(25)28-30-21(26)29-27-19(24)15-8-4-5-10-17(15)22/h4-10,12-13,22-23H,11H2,1-3H3. The first kappa shape index (κ1) is 22.5. The summed E-state index contributed by atoms with van der Waals surface area (Å²) in [5.74, 6) is -2.34. The molecule has 0 heterocycles. The summed E-state index contributed by atoms with van der Waals surface area (Å²) in [4.78, 5) is 52.0. The minimum atomic E-state index is -1.64. The molecule has 0 saturated heterocycles. The van der Waals surface area contributed by atoms with E-state index in [0.717, 1.165) is 0 Å². The van der Waals surface area contributed by atoms with Crippen LogP contribution in [0, 0.1) is 11.8 Å². The van der Waals surface area contributed by atoms with Crippen molar-refractivity contribution in [3.05, 3.63) is 59.2 Å². The molecular formula is C21H22O9. The molecule has 9 heteroatoms. The van der Waals surface area contributed by atoms with Crippen LogP contribution in [0.2, 0.25) is 0 Å². The Morgan fingerprint density at radius 1 is 0.800 bits per heavy atom. The molecule has 2 aromatic carbocycles. The van der Waals surface area contributed by atoms with E-state index in [0.29, 0.717) is 17.9 Å². The van der Waals surface area contributed by atoms with Gasteiger partial charge in [-0.15, -0.1) is 0 Å². The maximum absolute atomic E-state index is 12.1. The lowest BCUT2D eigenvalue weighted by Crippen LogP contribution is -2.16. The van der Waals surface area contributed by atoms with E-state index in [-0.39, 0.29) is 28.5 Å². The van der Waals surface area contributed by atoms with E-state index in [1.54, 1.807) is 12.1 Å². The first-order chi connectivity index (χ1) is 14.2. The average Bonchev–Trinajstić information content (AvgIpc) is 2.71. The normalized spacial score (nSPS) is 11.5. The van der Waals surface area contributed by atoms with E-state index in [1.807, 2.05) is 20.8 Å². The second kappa shape index (κ2) is 10.1. The number of carbonyl (C=O) groups excluding carboxylic acids is 3. The Bertz CT molecular complexity index is 920. The fourth-order valence-electron chi connectivity index (χ4n) is 2.40. The van der Waals surface area contributed by atoms with Crippen molar-refractivity contribution in [2.75, 3.05) is 0 Å². The van der Waals surface area contributed by atoms with Crippen LogP contribution in [-0.2, 0) is 26.0 Å². The second-order valence-electron chi connectivity index (χ2n) is 6.91. The second-order valence-corrected chi connectivity index (χ2v) is 6.91. The minimum Gasteiger partial charge on any atom is -0.507 e. The highest BCUT2D eigenvalue weighted by Crippen LogP contribution is 2.27. The molecule has 0 radical (unpaired) electrons. The number of hydrogen-bond acceptors (Lipinski definition) is 9. The number of para-hydroxylation sites is 2. The number of hydrogen-bond donors (Lipinski definition) is 2. The van der Waals surface area contributed by atoms with E-state index in [9.17, 15) is 24.6 Å². The number of phenolic OH excluding ortho intramolecular Hbond substituents is 2. The number of phenols is 2. The Morgan fingerprint density at radius 2 is 1.37 bits per heavy atom. The maximum atomic E-state index is 12.1. The monoisotopic (exact) mass is 418 g/mol. The molecule has 2 rings (SSSR count). The van der Waals surface area contributed by atoms with Crippen LogP contribution in [0.3, 0.4) is 0 Å². The molecule has 2 N–H and O–H groups in total. The maximum Gasteiger partial charge on any atom is 0.592 e. The third kappa shape index (κ3) is 5.87. The zero-order chi connectivity index (χ0) is 22.3. The third-order valence-corrected chi connectivity index (χ3v) is 4.51. The van der Waals surface area contributed by atoms with Gasteiger partial charge in [0.05, 0.1) is 0 Å². The molecule has 0 bridgehead atoms. The Morgan fingerprint density at radius 3 is 1.97 bits per heavy atom. The van der Waals surface area contributed by atoms with Crippen LogP contribution in [0.5, 0.6) is 11.5 Å². The molecule has 0 aliphatic carbocycles. The van der Waals surface area contributed by atoms with E-state index >= 15 is 0 Å². The van der Waals surface area contributed by atoms with Gasteiger partial charge in [-0.2, -0.15) is 4.79 Å². The highest BCUT2D eigenvalue weighted by Gasteiger charge is 2.22. The smallest absolute Gasteiger partial charge is 0.507 e. The summed E-state index contributed by atoms with van der Waals surface area (Å²) in [6.07, 6.45) is -1.10. The average molecular weight is 418 g/mol. The lowest BCUT2D eigenvalue weighted by Gasteiger charge is -2.16. The van der Waals surface area contributed by atoms with E-state index in [2.05, 4.69) is 19.6 Å². The Balaban J connectivity index is 1.90. The van der Waals surface area contributed by atoms with Gasteiger partial charge in [0.25, 0.3) is 0 Å². The van der Waals surface area contributed by atoms with E-state index in [1.165, 1.54) is 30.3 Å². The van der Waals surface area contributed by atoms with E-state index < -0.39 is 18.1 Å². The first-order valence-electron chi connectivity index (χ1n) is 9.11. The summed E-state index contributed by atoms with van der Waals surface area (Å²) in [7, 11) is 0. The van der Waals surface area contributed by atoms with Crippen LogP contribution in [-0.4, -0.2) is 28.3 Å². The predicted molar refractivity (Wildman–Crippen MR) is 102 cm³/mol. The van der Waals surface area contributed by atoms with Gasteiger partial charge < -0.3 is 10.2 Å². The summed E-state index contributed by atoms with van der Waals surface area (Å²) >= 11 is 0. The molecule has 9 nitrogen and oxygen atoms in total. The molecule has 0 amide bonds. The quantitative estimate of drug-likeness (QED) is 0.548. The molecule has 30 heavy (non-hydrogen) atoms. The van der Waals surface area contributed by atoms with Crippen molar-refractivity contribution in [3.8, 4) is 11.5 Å². The lowest BCUT2D eigenvalue weighted by molar-refractivity contribution is -0.267. The van der Waals surface area contributed by atoms with Crippen molar-refractivity contribution in [3.63, 3.8) is 0 Å². The van der Waals surface area contributed by atoms with Crippen LogP contribution in [0.15, 0.2) is 42.5 Å². The van der Waals surface area contributed by atoms with Crippen molar-refractivity contribution >= 4 is 18.1 Å². The Kier molecular flexibility index (Phi) is 7.62. The summed E-state index contributed by atoms with van der Waals surface area (Å²) in [6, 6.07) is 9.95. The SMILES string of the molecule is CC(C)C(C)Cc1cccc(C(=O)OOC(=O)OOC(=O)c2ccccc2O)c1O. The summed E-state index contributed by atoms with van der Waals surface area (Å²) in [5, 5.41) is 19.8. The number of benzene rings is 2. The van der Waals surface area contributed by atoms with Crippen molar-refractivity contribution in [1.82, 2.24) is 0 Å². The van der Waals surface area contributed by atoms with Crippen molar-refractivity contribution in [2.24, 2.45) is 11.8 Å². The van der Waals surface area contributed by atoms with Crippen LogP contribution in [0.1, 0.15) is 47.1 Å². The zero-order valence-electron chi connectivity index (χ0n) is 16.7. The first-order valence-corrected chi connectivity index (χ1v) is 9.11. The number of carbonyl (C=O) groups is 3. The summed E-state index contributed by atoms with van der Waals surface area (Å²) in [5.41, 5.74) is 0.0898. The largest absolute Gasteiger partial charge is 0.592 e. The van der Waals surface area contributed by atoms with Gasteiger partial charge in [-0.05, 0) is 42.0 Å². The van der Waals surface area contributed by atoms with Gasteiger partial charge in [0, 0.05) is 0 Å². The fraction of sp³-hybridized carbons (Fsp3) is 0.286. The van der Waals surface area contributed by atoms with Gasteiger partial charge >= 0.3 is 18.1 Å². The van der Waals surface area contributed by atoms with Crippen LogP contribution in [0.4, 0.5) is 4.79 Å². The molecular weight excluding hydrogens is 396 g/mol. The van der Waals surface area contributed by atoms with Crippen LogP contribution >= 0.6 is 0 Å². The molecule has 0 fully saturated rings. The summed E-state index contributed by atoms with van der Waals surface area (Å²) in [6.45, 7) is 6.11. The Labute approximate surface area is 172 Å². The van der Waals surface area contributed by atoms with Gasteiger partial charge in [0.2, 0.25) is 0 Å². The van der Waals surface area contributed by atoms with Gasteiger partial charge in [-0.25, -0.2) is 29.1 Å². The summed E-state index contributed by atoms with van der Waals surface area (Å²) < 4.78 is 0. The van der Waals surface area contributed by atoms with Gasteiger partial charge in [0.15, 0.2) is 0 Å². The zero-order valence-corrected chi connectivity index (χ0v) is 16.7. The molecule has 1 atom stereocenters. The van der Waals surface area contributed by atoms with Crippen LogP contribution in [0.25, 0.3) is 0 Å². The van der Waals surface area contributed by atoms with Gasteiger partial charge in [0.1, 0.15) is 22.6 Å². The van der Waals surface area contributed by atoms with Crippen molar-refractivity contribution in [1.29, 1.82) is 0 Å². The predicted octanol–water partition coefficient (Wildman–Crippen LogP) is 3.93. The molecule has 0 aromatic heterocycles. The minimum absolute atomic E-state index is 0.206. The topological polar surface area (TPSA) is 129 Å². The molecule has 2 aromatic rings. The lowest BCUT2D eigenvalue weighted by atomic mass is 9.90. The highest BCUT2D eigenvalue weighted by atomic mass is 17.3. The van der Waals surface area contributed by atoms with E-state index in [4.69, 9.17) is 0 Å². The van der Waals surface area contributed by atoms with Crippen molar-refractivity contribution < 1.29 is 44.1 Å². The fourth-order valence-corrected chi connectivity index (χ4v) is 2.40. The number of aromatic hydroxyl groups is 2. The molecule has 160 valence electrons.